The zero-order chi connectivity index (χ0) is 9.84. The Morgan fingerprint density at radius 1 is 1.77 bits per heavy atom. The zero-order valence-electron chi connectivity index (χ0n) is 8.16. The van der Waals surface area contributed by atoms with Crippen LogP contribution in [0.2, 0.25) is 0 Å². The summed E-state index contributed by atoms with van der Waals surface area (Å²) in [5.41, 5.74) is 0. The molecule has 0 aromatic heterocycles. The molecule has 3 heteroatoms. The lowest BCUT2D eigenvalue weighted by atomic mass is 10.0. The minimum absolute atomic E-state index is 0.110. The van der Waals surface area contributed by atoms with Crippen molar-refractivity contribution in [2.75, 3.05) is 6.61 Å². The van der Waals surface area contributed by atoms with Crippen LogP contribution in [0.15, 0.2) is 12.7 Å². The van der Waals surface area contributed by atoms with Crippen molar-refractivity contribution in [3.05, 3.63) is 12.7 Å². The second-order valence-electron chi connectivity index (χ2n) is 3.36. The molecule has 74 valence electrons. The number of esters is 1. The van der Waals surface area contributed by atoms with E-state index in [9.17, 15) is 4.79 Å². The van der Waals surface area contributed by atoms with Gasteiger partial charge in [0.2, 0.25) is 0 Å². The summed E-state index contributed by atoms with van der Waals surface area (Å²) in [5, 5.41) is 0. The third-order valence-electron chi connectivity index (χ3n) is 2.38. The Balaban J connectivity index is 2.14. The molecule has 0 spiro atoms. The van der Waals surface area contributed by atoms with Crippen LogP contribution in [0.5, 0.6) is 0 Å². The number of epoxide rings is 1. The van der Waals surface area contributed by atoms with Crippen molar-refractivity contribution in [2.45, 2.75) is 32.5 Å². The second-order valence-corrected chi connectivity index (χ2v) is 3.36. The first kappa shape index (κ1) is 10.3. The van der Waals surface area contributed by atoms with E-state index >= 15 is 0 Å². The number of carbonyl (C=O) groups is 1. The molecular formula is C10H16O3. The van der Waals surface area contributed by atoms with Crippen molar-refractivity contribution < 1.29 is 14.3 Å². The summed E-state index contributed by atoms with van der Waals surface area (Å²) in [7, 11) is 0. The highest BCUT2D eigenvalue weighted by Gasteiger charge is 2.42. The van der Waals surface area contributed by atoms with Gasteiger partial charge in [-0.2, -0.15) is 0 Å². The van der Waals surface area contributed by atoms with Crippen LogP contribution in [-0.2, 0) is 14.3 Å². The lowest BCUT2D eigenvalue weighted by Gasteiger charge is -2.02. The van der Waals surface area contributed by atoms with E-state index < -0.39 is 0 Å². The highest BCUT2D eigenvalue weighted by Crippen LogP contribution is 2.31. The smallest absolute Gasteiger partial charge is 0.330 e. The topological polar surface area (TPSA) is 38.8 Å². The molecule has 1 aliphatic heterocycles. The Labute approximate surface area is 78.7 Å². The fraction of sp³-hybridized carbons (Fsp3) is 0.700. The molecule has 1 rings (SSSR count). The molecule has 0 aromatic rings. The van der Waals surface area contributed by atoms with E-state index in [0.717, 1.165) is 6.42 Å². The SMILES string of the molecule is C=CC(=O)OCC1OC1C(C)CC. The molecule has 1 heterocycles. The average Bonchev–Trinajstić information content (AvgIpc) is 2.92. The predicted octanol–water partition coefficient (Wildman–Crippen LogP) is 1.53. The maximum Gasteiger partial charge on any atom is 0.330 e. The lowest BCUT2D eigenvalue weighted by molar-refractivity contribution is -0.138. The fourth-order valence-electron chi connectivity index (χ4n) is 1.25. The molecule has 0 bridgehead atoms. The first-order chi connectivity index (χ1) is 6.19. The van der Waals surface area contributed by atoms with Crippen molar-refractivity contribution in [1.82, 2.24) is 0 Å². The van der Waals surface area contributed by atoms with Gasteiger partial charge < -0.3 is 9.47 Å². The van der Waals surface area contributed by atoms with Crippen LogP contribution in [0, 0.1) is 5.92 Å². The molecule has 0 N–H and O–H groups in total. The van der Waals surface area contributed by atoms with E-state index in [4.69, 9.17) is 9.47 Å². The minimum Gasteiger partial charge on any atom is -0.460 e. The van der Waals surface area contributed by atoms with E-state index in [1.54, 1.807) is 0 Å². The van der Waals surface area contributed by atoms with Gasteiger partial charge in [-0.15, -0.1) is 0 Å². The van der Waals surface area contributed by atoms with Gasteiger partial charge in [-0.1, -0.05) is 26.8 Å². The van der Waals surface area contributed by atoms with Crippen molar-refractivity contribution in [2.24, 2.45) is 5.92 Å². The Hall–Kier alpha value is -0.830. The molecule has 0 aromatic carbocycles. The summed E-state index contributed by atoms with van der Waals surface area (Å²) in [6.07, 6.45) is 2.65. The van der Waals surface area contributed by atoms with Gasteiger partial charge in [-0.25, -0.2) is 4.79 Å². The van der Waals surface area contributed by atoms with Crippen LogP contribution in [0.3, 0.4) is 0 Å². The van der Waals surface area contributed by atoms with Crippen LogP contribution in [0.4, 0.5) is 0 Å². The van der Waals surface area contributed by atoms with Gasteiger partial charge in [0.1, 0.15) is 12.7 Å². The molecule has 0 saturated carbocycles. The number of rotatable bonds is 5. The van der Waals surface area contributed by atoms with Gasteiger partial charge >= 0.3 is 5.97 Å². The second kappa shape index (κ2) is 4.42. The summed E-state index contributed by atoms with van der Waals surface area (Å²) < 4.78 is 10.2. The Bertz CT molecular complexity index is 200. The van der Waals surface area contributed by atoms with Crippen molar-refractivity contribution in [3.63, 3.8) is 0 Å². The van der Waals surface area contributed by atoms with Gasteiger partial charge in [0.15, 0.2) is 0 Å². The predicted molar refractivity (Wildman–Crippen MR) is 49.3 cm³/mol. The van der Waals surface area contributed by atoms with Crippen LogP contribution in [0.1, 0.15) is 20.3 Å². The summed E-state index contributed by atoms with van der Waals surface area (Å²) in [5.74, 6) is 0.172. The lowest BCUT2D eigenvalue weighted by Crippen LogP contribution is -2.12. The molecule has 3 nitrogen and oxygen atoms in total. The average molecular weight is 184 g/mol. The molecule has 0 amide bonds. The molecule has 1 fully saturated rings. The van der Waals surface area contributed by atoms with Crippen LogP contribution in [-0.4, -0.2) is 24.8 Å². The minimum atomic E-state index is -0.376. The first-order valence-corrected chi connectivity index (χ1v) is 4.63. The maximum atomic E-state index is 10.7. The monoisotopic (exact) mass is 184 g/mol. The number of hydrogen-bond donors (Lipinski definition) is 0. The summed E-state index contributed by atoms with van der Waals surface area (Å²) in [6, 6.07) is 0. The molecule has 1 aliphatic rings. The molecule has 3 atom stereocenters. The van der Waals surface area contributed by atoms with Gasteiger partial charge in [-0.05, 0) is 5.92 Å². The van der Waals surface area contributed by atoms with E-state index in [2.05, 4.69) is 20.4 Å². The van der Waals surface area contributed by atoms with E-state index in [0.29, 0.717) is 12.5 Å². The van der Waals surface area contributed by atoms with Gasteiger partial charge in [0.25, 0.3) is 0 Å². The van der Waals surface area contributed by atoms with Crippen molar-refractivity contribution in [3.8, 4) is 0 Å². The summed E-state index contributed by atoms with van der Waals surface area (Å²) in [4.78, 5) is 10.7. The van der Waals surface area contributed by atoms with E-state index in [1.165, 1.54) is 6.08 Å². The molecule has 13 heavy (non-hydrogen) atoms. The zero-order valence-corrected chi connectivity index (χ0v) is 8.16. The normalized spacial score (nSPS) is 27.8. The van der Waals surface area contributed by atoms with Gasteiger partial charge in [-0.3, -0.25) is 0 Å². The summed E-state index contributed by atoms with van der Waals surface area (Å²) >= 11 is 0. The fourth-order valence-corrected chi connectivity index (χ4v) is 1.25. The third kappa shape index (κ3) is 2.84. The first-order valence-electron chi connectivity index (χ1n) is 4.63. The van der Waals surface area contributed by atoms with Crippen LogP contribution < -0.4 is 0 Å². The highest BCUT2D eigenvalue weighted by molar-refractivity contribution is 5.81. The van der Waals surface area contributed by atoms with Crippen molar-refractivity contribution >= 4 is 5.97 Å². The van der Waals surface area contributed by atoms with Crippen LogP contribution >= 0.6 is 0 Å². The number of ether oxygens (including phenoxy) is 2. The Kier molecular flexibility index (Phi) is 3.48. The number of carbonyl (C=O) groups excluding carboxylic acids is 1. The summed E-state index contributed by atoms with van der Waals surface area (Å²) in [6.45, 7) is 7.94. The third-order valence-corrected chi connectivity index (χ3v) is 2.38. The molecule has 1 saturated heterocycles. The van der Waals surface area contributed by atoms with E-state index in [-0.39, 0.29) is 18.2 Å². The molecule has 3 unspecified atom stereocenters. The highest BCUT2D eigenvalue weighted by atomic mass is 16.6. The van der Waals surface area contributed by atoms with Crippen LogP contribution in [0.25, 0.3) is 0 Å². The van der Waals surface area contributed by atoms with Gasteiger partial charge in [0.05, 0.1) is 6.10 Å². The van der Waals surface area contributed by atoms with E-state index in [1.807, 2.05) is 0 Å². The quantitative estimate of drug-likeness (QED) is 0.369. The van der Waals surface area contributed by atoms with Crippen molar-refractivity contribution in [1.29, 1.82) is 0 Å². The Morgan fingerprint density at radius 2 is 2.46 bits per heavy atom. The number of hydrogen-bond acceptors (Lipinski definition) is 3. The largest absolute Gasteiger partial charge is 0.460 e. The molecule has 0 radical (unpaired) electrons. The van der Waals surface area contributed by atoms with Gasteiger partial charge in [0, 0.05) is 6.08 Å². The molecule has 0 aliphatic carbocycles. The Morgan fingerprint density at radius 3 is 3.00 bits per heavy atom. The molecular weight excluding hydrogens is 168 g/mol. The maximum absolute atomic E-state index is 10.7. The standard InChI is InChI=1S/C10H16O3/c1-4-7(3)10-8(13-10)6-12-9(11)5-2/h5,7-8,10H,2,4,6H2,1,3H3.